The zero-order chi connectivity index (χ0) is 17.9. The molecule has 0 aliphatic heterocycles. The van der Waals surface area contributed by atoms with Crippen molar-refractivity contribution in [2.75, 3.05) is 0 Å². The maximum Gasteiger partial charge on any atom is 0.00185 e. The lowest BCUT2D eigenvalue weighted by Gasteiger charge is -2.27. The smallest absolute Gasteiger partial charge is 0.00185 e. The lowest BCUT2D eigenvalue weighted by molar-refractivity contribution is 0.348. The van der Waals surface area contributed by atoms with Crippen LogP contribution in [-0.4, -0.2) is 0 Å². The van der Waals surface area contributed by atoms with Gasteiger partial charge < -0.3 is 0 Å². The minimum absolute atomic E-state index is 0.593. The molecule has 0 aromatic heterocycles. The van der Waals surface area contributed by atoms with Crippen LogP contribution >= 0.6 is 0 Å². The van der Waals surface area contributed by atoms with Gasteiger partial charge in [-0.2, -0.15) is 0 Å². The summed E-state index contributed by atoms with van der Waals surface area (Å²) in [5.74, 6) is 2.92. The van der Waals surface area contributed by atoms with E-state index in [1.807, 2.05) is 0 Å². The van der Waals surface area contributed by atoms with Gasteiger partial charge in [-0.05, 0) is 61.1 Å². The first-order valence-corrected chi connectivity index (χ1v) is 10.5. The molecule has 0 heteroatoms. The first-order valence-electron chi connectivity index (χ1n) is 10.5. The van der Waals surface area contributed by atoms with Gasteiger partial charge in [0.15, 0.2) is 0 Å². The molecule has 4 rings (SSSR count). The van der Waals surface area contributed by atoms with E-state index in [0.29, 0.717) is 11.8 Å². The molecule has 0 bridgehead atoms. The van der Waals surface area contributed by atoms with Crippen molar-refractivity contribution >= 4 is 0 Å². The lowest BCUT2D eigenvalue weighted by atomic mass is 9.78. The third-order valence-electron chi connectivity index (χ3n) is 6.72. The van der Waals surface area contributed by atoms with E-state index in [0.717, 1.165) is 11.8 Å². The van der Waals surface area contributed by atoms with Crippen LogP contribution in [0.3, 0.4) is 0 Å². The van der Waals surface area contributed by atoms with E-state index in [9.17, 15) is 0 Å². The molecule has 0 spiro atoms. The van der Waals surface area contributed by atoms with Gasteiger partial charge in [0.1, 0.15) is 0 Å². The van der Waals surface area contributed by atoms with Crippen molar-refractivity contribution in [1.29, 1.82) is 0 Å². The minimum Gasteiger partial charge on any atom is -0.0804 e. The van der Waals surface area contributed by atoms with E-state index < -0.39 is 0 Å². The van der Waals surface area contributed by atoms with Crippen LogP contribution in [0.5, 0.6) is 0 Å². The third kappa shape index (κ3) is 3.95. The average Bonchev–Trinajstić information content (AvgIpc) is 2.70. The highest BCUT2D eigenvalue weighted by atomic mass is 14.3. The Morgan fingerprint density at radius 3 is 1.54 bits per heavy atom. The molecule has 2 aliphatic rings. The lowest BCUT2D eigenvalue weighted by Crippen LogP contribution is -2.11. The van der Waals surface area contributed by atoms with Gasteiger partial charge in [-0.1, -0.05) is 86.0 Å². The van der Waals surface area contributed by atoms with Crippen LogP contribution in [0.25, 0.3) is 0 Å². The number of hydrogen-bond donors (Lipinski definition) is 0. The van der Waals surface area contributed by atoms with Crippen molar-refractivity contribution in [3.63, 3.8) is 0 Å². The zero-order valence-electron chi connectivity index (χ0n) is 16.3. The molecule has 0 nitrogen and oxygen atoms in total. The van der Waals surface area contributed by atoms with E-state index in [1.54, 1.807) is 5.56 Å². The fraction of sp³-hybridized carbons (Fsp3) is 0.462. The molecule has 136 valence electrons. The predicted octanol–water partition coefficient (Wildman–Crippen LogP) is 7.51. The summed E-state index contributed by atoms with van der Waals surface area (Å²) in [4.78, 5) is 0. The van der Waals surface area contributed by atoms with Crippen LogP contribution < -0.4 is 0 Å². The van der Waals surface area contributed by atoms with Gasteiger partial charge in [0, 0.05) is 11.8 Å². The van der Waals surface area contributed by atoms with Crippen molar-refractivity contribution in [3.05, 3.63) is 82.9 Å². The fourth-order valence-electron chi connectivity index (χ4n) is 4.80. The van der Waals surface area contributed by atoms with Crippen LogP contribution in [0.4, 0.5) is 0 Å². The van der Waals surface area contributed by atoms with Crippen molar-refractivity contribution in [2.45, 2.75) is 70.1 Å². The van der Waals surface area contributed by atoms with Gasteiger partial charge >= 0.3 is 0 Å². The molecule has 0 radical (unpaired) electrons. The van der Waals surface area contributed by atoms with Crippen molar-refractivity contribution in [3.8, 4) is 0 Å². The van der Waals surface area contributed by atoms with Crippen LogP contribution in [0.1, 0.15) is 85.5 Å². The van der Waals surface area contributed by atoms with E-state index in [1.165, 1.54) is 55.2 Å². The minimum atomic E-state index is 0.593. The Labute approximate surface area is 159 Å². The van der Waals surface area contributed by atoms with E-state index >= 15 is 0 Å². The normalized spacial score (nSPS) is 28.8. The van der Waals surface area contributed by atoms with Crippen molar-refractivity contribution < 1.29 is 0 Å². The molecule has 2 aromatic rings. The summed E-state index contributed by atoms with van der Waals surface area (Å²) in [6, 6.07) is 18.7. The molecule has 1 saturated carbocycles. The number of allylic oxidation sites excluding steroid dienone is 2. The summed E-state index contributed by atoms with van der Waals surface area (Å²) in [5, 5.41) is 0. The SMILES string of the molecule is Cc1ccc(C2C=CC(c3ccc(C4CCC(C)CC4)cc3)CC2)cc1. The Morgan fingerprint density at radius 2 is 1.04 bits per heavy atom. The highest BCUT2D eigenvalue weighted by Gasteiger charge is 2.21. The van der Waals surface area contributed by atoms with Crippen LogP contribution in [-0.2, 0) is 0 Å². The molecule has 2 aromatic carbocycles. The van der Waals surface area contributed by atoms with E-state index in [2.05, 4.69) is 74.5 Å². The van der Waals surface area contributed by atoms with Gasteiger partial charge in [0.2, 0.25) is 0 Å². The molecule has 0 N–H and O–H groups in total. The summed E-state index contributed by atoms with van der Waals surface area (Å²) < 4.78 is 0. The number of hydrogen-bond acceptors (Lipinski definition) is 0. The van der Waals surface area contributed by atoms with E-state index in [-0.39, 0.29) is 0 Å². The number of benzene rings is 2. The molecular formula is C26H32. The summed E-state index contributed by atoms with van der Waals surface area (Å²) in [6.07, 6.45) is 13.0. The second-order valence-electron chi connectivity index (χ2n) is 8.71. The highest BCUT2D eigenvalue weighted by Crippen LogP contribution is 2.38. The average molecular weight is 345 g/mol. The van der Waals surface area contributed by atoms with Crippen LogP contribution in [0, 0.1) is 12.8 Å². The van der Waals surface area contributed by atoms with Gasteiger partial charge in [-0.25, -0.2) is 0 Å². The monoisotopic (exact) mass is 344 g/mol. The van der Waals surface area contributed by atoms with Crippen LogP contribution in [0.15, 0.2) is 60.7 Å². The Balaban J connectivity index is 1.41. The molecule has 1 fully saturated rings. The summed E-state index contributed by atoms with van der Waals surface area (Å²) in [5.41, 5.74) is 5.88. The molecule has 26 heavy (non-hydrogen) atoms. The Hall–Kier alpha value is -1.82. The highest BCUT2D eigenvalue weighted by molar-refractivity contribution is 5.34. The summed E-state index contributed by atoms with van der Waals surface area (Å²) in [7, 11) is 0. The maximum atomic E-state index is 2.45. The van der Waals surface area contributed by atoms with Crippen molar-refractivity contribution in [1.82, 2.24) is 0 Å². The fourth-order valence-corrected chi connectivity index (χ4v) is 4.80. The molecule has 0 saturated heterocycles. The standard InChI is InChI=1S/C26H32/c1-19-3-7-21(8-4-19)23-11-15-25(16-12-23)26-17-13-24(14-18-26)22-9-5-20(2)6-10-22/h3-4,7-8,11,13-15,17-18,20,22-23,25H,5-6,9-10,12,16H2,1-2H3. The van der Waals surface area contributed by atoms with E-state index in [4.69, 9.17) is 0 Å². The second kappa shape index (κ2) is 7.82. The molecular weight excluding hydrogens is 312 g/mol. The van der Waals surface area contributed by atoms with Gasteiger partial charge in [-0.15, -0.1) is 0 Å². The maximum absolute atomic E-state index is 2.45. The Bertz CT molecular complexity index is 727. The summed E-state index contributed by atoms with van der Waals surface area (Å²) in [6.45, 7) is 4.56. The first-order chi connectivity index (χ1) is 12.7. The molecule has 0 heterocycles. The topological polar surface area (TPSA) is 0 Å². The van der Waals surface area contributed by atoms with Gasteiger partial charge in [-0.3, -0.25) is 0 Å². The quantitative estimate of drug-likeness (QED) is 0.505. The van der Waals surface area contributed by atoms with Gasteiger partial charge in [0.05, 0.1) is 0 Å². The second-order valence-corrected chi connectivity index (χ2v) is 8.71. The van der Waals surface area contributed by atoms with Crippen molar-refractivity contribution in [2.24, 2.45) is 5.92 Å². The zero-order valence-corrected chi connectivity index (χ0v) is 16.3. The molecule has 2 aliphatic carbocycles. The molecule has 2 unspecified atom stereocenters. The third-order valence-corrected chi connectivity index (χ3v) is 6.72. The van der Waals surface area contributed by atoms with Crippen LogP contribution in [0.2, 0.25) is 0 Å². The first kappa shape index (κ1) is 17.6. The predicted molar refractivity (Wildman–Crippen MR) is 112 cm³/mol. The summed E-state index contributed by atoms with van der Waals surface area (Å²) >= 11 is 0. The van der Waals surface area contributed by atoms with Gasteiger partial charge in [0.25, 0.3) is 0 Å². The Kier molecular flexibility index (Phi) is 5.29. The Morgan fingerprint density at radius 1 is 0.577 bits per heavy atom. The molecule has 2 atom stereocenters. The number of rotatable bonds is 3. The number of aryl methyl sites for hydroxylation is 1. The molecule has 0 amide bonds. The largest absolute Gasteiger partial charge is 0.0804 e.